The van der Waals surface area contributed by atoms with Crippen molar-refractivity contribution in [3.63, 3.8) is 0 Å². The Morgan fingerprint density at radius 1 is 1.09 bits per heavy atom. The molecule has 188 valence electrons. The van der Waals surface area contributed by atoms with Crippen LogP contribution in [-0.4, -0.2) is 62.6 Å². The summed E-state index contributed by atoms with van der Waals surface area (Å²) < 4.78 is 5.50. The fourth-order valence-electron chi connectivity index (χ4n) is 4.24. The minimum atomic E-state index is -0.223. The highest BCUT2D eigenvalue weighted by Gasteiger charge is 2.21. The molecular formula is C25H31Cl2N5O3. The number of pyridine rings is 1. The average molecular weight is 520 g/mol. The van der Waals surface area contributed by atoms with Crippen molar-refractivity contribution in [3.05, 3.63) is 52.8 Å². The molecule has 0 saturated carbocycles. The molecule has 1 aromatic carbocycles. The van der Waals surface area contributed by atoms with Crippen LogP contribution in [0.3, 0.4) is 0 Å². The summed E-state index contributed by atoms with van der Waals surface area (Å²) in [5.74, 6) is 0.831. The molecule has 0 radical (unpaired) electrons. The molecular weight excluding hydrogens is 489 g/mol. The van der Waals surface area contributed by atoms with Crippen LogP contribution in [0.1, 0.15) is 42.1 Å². The summed E-state index contributed by atoms with van der Waals surface area (Å²) in [6.45, 7) is 3.58. The Kier molecular flexibility index (Phi) is 11.1. The maximum atomic E-state index is 9.51. The van der Waals surface area contributed by atoms with Crippen molar-refractivity contribution in [1.82, 2.24) is 20.0 Å². The summed E-state index contributed by atoms with van der Waals surface area (Å²) in [6, 6.07) is 9.94. The second-order valence-corrected chi connectivity index (χ2v) is 8.40. The van der Waals surface area contributed by atoms with Crippen LogP contribution in [-0.2, 0) is 19.3 Å². The molecule has 2 N–H and O–H groups in total. The van der Waals surface area contributed by atoms with Crippen molar-refractivity contribution in [2.24, 2.45) is 0 Å². The van der Waals surface area contributed by atoms with Gasteiger partial charge in [-0.3, -0.25) is 9.88 Å². The highest BCUT2D eigenvalue weighted by Crippen LogP contribution is 2.27. The van der Waals surface area contributed by atoms with Crippen molar-refractivity contribution < 1.29 is 14.7 Å². The van der Waals surface area contributed by atoms with E-state index in [9.17, 15) is 15.5 Å². The summed E-state index contributed by atoms with van der Waals surface area (Å²) in [4.78, 5) is 11.1. The number of nitriles is 1. The molecule has 3 aromatic rings. The van der Waals surface area contributed by atoms with Gasteiger partial charge < -0.3 is 14.7 Å². The first kappa shape index (κ1) is 28.7. The normalized spacial score (nSPS) is 13.3. The molecule has 0 aliphatic carbocycles. The molecule has 1 aliphatic heterocycles. The highest BCUT2D eigenvalue weighted by atomic mass is 35.5. The van der Waals surface area contributed by atoms with E-state index < -0.39 is 0 Å². The van der Waals surface area contributed by atoms with Gasteiger partial charge in [-0.1, -0.05) is 30.6 Å². The molecule has 0 unspecified atom stereocenters. The van der Waals surface area contributed by atoms with Crippen molar-refractivity contribution in [3.8, 4) is 28.9 Å². The van der Waals surface area contributed by atoms with Crippen LogP contribution in [0.2, 0.25) is 0 Å². The van der Waals surface area contributed by atoms with E-state index in [2.05, 4.69) is 45.2 Å². The number of rotatable bonds is 8. The largest absolute Gasteiger partial charge is 0.395 e. The molecule has 0 amide bonds. The van der Waals surface area contributed by atoms with Gasteiger partial charge in [0, 0.05) is 24.8 Å². The second kappa shape index (κ2) is 13.5. The third-order valence-corrected chi connectivity index (χ3v) is 6.27. The lowest BCUT2D eigenvalue weighted by molar-refractivity contribution is 0.0769. The number of aryl methyl sites for hydroxylation is 1. The van der Waals surface area contributed by atoms with Crippen LogP contribution >= 0.6 is 24.8 Å². The van der Waals surface area contributed by atoms with E-state index in [0.29, 0.717) is 22.8 Å². The first-order chi connectivity index (χ1) is 16.2. The van der Waals surface area contributed by atoms with E-state index in [1.807, 2.05) is 6.07 Å². The summed E-state index contributed by atoms with van der Waals surface area (Å²) in [7, 11) is 0. The van der Waals surface area contributed by atoms with Crippen LogP contribution in [0.15, 0.2) is 35.0 Å². The van der Waals surface area contributed by atoms with E-state index in [1.54, 1.807) is 12.3 Å². The highest BCUT2D eigenvalue weighted by molar-refractivity contribution is 5.85. The number of aliphatic hydroxyl groups excluding tert-OH is 2. The maximum Gasteiger partial charge on any atom is 0.259 e. The van der Waals surface area contributed by atoms with Crippen LogP contribution in [0.25, 0.3) is 22.8 Å². The first-order valence-electron chi connectivity index (χ1n) is 11.5. The molecule has 8 nitrogen and oxygen atoms in total. The minimum absolute atomic E-state index is 0. The number of unbranched alkanes of at least 4 members (excludes halogenated alkanes) is 1. The monoisotopic (exact) mass is 519 g/mol. The van der Waals surface area contributed by atoms with Crippen molar-refractivity contribution >= 4 is 24.8 Å². The Morgan fingerprint density at radius 3 is 2.51 bits per heavy atom. The molecule has 0 fully saturated rings. The van der Waals surface area contributed by atoms with E-state index in [0.717, 1.165) is 56.5 Å². The third-order valence-electron chi connectivity index (χ3n) is 6.27. The van der Waals surface area contributed by atoms with Crippen LogP contribution in [0.4, 0.5) is 0 Å². The summed E-state index contributed by atoms with van der Waals surface area (Å²) in [6.07, 6.45) is 6.17. The maximum absolute atomic E-state index is 9.51. The van der Waals surface area contributed by atoms with Gasteiger partial charge in [-0.15, -0.1) is 24.8 Å². The lowest BCUT2D eigenvalue weighted by Crippen LogP contribution is -2.42. The summed E-state index contributed by atoms with van der Waals surface area (Å²) >= 11 is 0. The molecule has 2 aromatic heterocycles. The molecule has 10 heteroatoms. The van der Waals surface area contributed by atoms with E-state index in [-0.39, 0.29) is 44.1 Å². The van der Waals surface area contributed by atoms with Gasteiger partial charge in [-0.25, -0.2) is 0 Å². The van der Waals surface area contributed by atoms with E-state index in [1.165, 1.54) is 11.1 Å². The van der Waals surface area contributed by atoms with Gasteiger partial charge in [0.25, 0.3) is 5.89 Å². The Hall–Kier alpha value is -2.54. The zero-order chi connectivity index (χ0) is 23.2. The molecule has 35 heavy (non-hydrogen) atoms. The molecule has 0 saturated heterocycles. The zero-order valence-corrected chi connectivity index (χ0v) is 21.3. The lowest BCUT2D eigenvalue weighted by Gasteiger charge is -2.27. The Morgan fingerprint density at radius 2 is 1.83 bits per heavy atom. The Balaban J connectivity index is 0.00000216. The molecule has 4 rings (SSSR count). The number of fused-ring (bicyclic) bond motifs is 1. The number of hydrogen-bond acceptors (Lipinski definition) is 8. The van der Waals surface area contributed by atoms with Crippen LogP contribution < -0.4 is 0 Å². The van der Waals surface area contributed by atoms with Gasteiger partial charge in [0.2, 0.25) is 5.82 Å². The predicted octanol–water partition coefficient (Wildman–Crippen LogP) is 3.61. The van der Waals surface area contributed by atoms with Crippen LogP contribution in [0, 0.1) is 11.3 Å². The second-order valence-electron chi connectivity index (χ2n) is 8.40. The Bertz CT molecular complexity index is 1140. The third kappa shape index (κ3) is 6.57. The van der Waals surface area contributed by atoms with Crippen molar-refractivity contribution in [2.45, 2.75) is 45.1 Å². The van der Waals surface area contributed by atoms with Gasteiger partial charge in [-0.05, 0) is 48.9 Å². The molecule has 0 spiro atoms. The molecule has 0 bridgehead atoms. The van der Waals surface area contributed by atoms with Gasteiger partial charge in [0.15, 0.2) is 0 Å². The number of halogens is 2. The Labute approximate surface area is 217 Å². The quantitative estimate of drug-likeness (QED) is 0.463. The predicted molar refractivity (Wildman–Crippen MR) is 138 cm³/mol. The number of benzene rings is 1. The molecule has 0 atom stereocenters. The molecule has 1 aliphatic rings. The first-order valence-corrected chi connectivity index (χ1v) is 11.5. The van der Waals surface area contributed by atoms with Crippen LogP contribution in [0.5, 0.6) is 0 Å². The average Bonchev–Trinajstić information content (AvgIpc) is 3.26. The van der Waals surface area contributed by atoms with Gasteiger partial charge in [0.05, 0.1) is 36.1 Å². The minimum Gasteiger partial charge on any atom is -0.395 e. The number of nitrogens with zero attached hydrogens (tertiary/aromatic N) is 5. The fourth-order valence-corrected chi connectivity index (χ4v) is 4.24. The summed E-state index contributed by atoms with van der Waals surface area (Å²) in [5, 5.41) is 32.7. The zero-order valence-electron chi connectivity index (χ0n) is 19.7. The fraction of sp³-hybridized carbons (Fsp3) is 0.440. The van der Waals surface area contributed by atoms with Gasteiger partial charge in [-0.2, -0.15) is 10.2 Å². The van der Waals surface area contributed by atoms with Crippen molar-refractivity contribution in [1.29, 1.82) is 5.26 Å². The molecule has 3 heterocycles. The number of aliphatic hydroxyl groups is 2. The SMILES string of the molecule is CCCCc1ncc(-c2nc(-c3ccc4c(c3)CCN(C(CO)CO)CC4)no2)cc1C#N.Cl.Cl. The smallest absolute Gasteiger partial charge is 0.259 e. The summed E-state index contributed by atoms with van der Waals surface area (Å²) in [5.41, 5.74) is 5.31. The standard InChI is InChI=1S/C25H29N5O3.2ClH/c1-2-3-4-23-20(13-26)12-21(14-27-23)25-28-24(29-33-25)19-6-5-17-7-9-30(22(15-31)16-32)10-8-18(17)11-19;;/h5-6,11-12,14,22,31-32H,2-4,7-10,15-16H2,1H3;2*1H. The van der Waals surface area contributed by atoms with Gasteiger partial charge >= 0.3 is 0 Å². The van der Waals surface area contributed by atoms with Crippen molar-refractivity contribution in [2.75, 3.05) is 26.3 Å². The number of aromatic nitrogens is 3. The number of hydrogen-bond donors (Lipinski definition) is 2. The van der Waals surface area contributed by atoms with E-state index >= 15 is 0 Å². The topological polar surface area (TPSA) is 119 Å². The lowest BCUT2D eigenvalue weighted by atomic mass is 10.00. The van der Waals surface area contributed by atoms with Gasteiger partial charge in [0.1, 0.15) is 6.07 Å². The van der Waals surface area contributed by atoms with E-state index in [4.69, 9.17) is 4.52 Å².